The first-order valence-corrected chi connectivity index (χ1v) is 12.7. The molecule has 2 atom stereocenters. The van der Waals surface area contributed by atoms with Crippen molar-refractivity contribution in [2.75, 3.05) is 12.8 Å². The Bertz CT molecular complexity index is 1260. The monoisotopic (exact) mass is 479 g/mol. The number of hydrogen-bond donors (Lipinski definition) is 0. The number of halogens is 3. The van der Waals surface area contributed by atoms with E-state index in [-0.39, 0.29) is 23.1 Å². The molecule has 0 N–H and O–H groups in total. The molecular formula is C23H24F3N3O3S. The molecular weight excluding hydrogens is 455 g/mol. The van der Waals surface area contributed by atoms with Crippen molar-refractivity contribution >= 4 is 20.7 Å². The molecule has 2 fully saturated rings. The first kappa shape index (κ1) is 22.2. The van der Waals surface area contributed by atoms with E-state index in [2.05, 4.69) is 4.98 Å². The molecule has 176 valence electrons. The van der Waals surface area contributed by atoms with E-state index in [9.17, 15) is 21.6 Å². The molecule has 0 amide bonds. The van der Waals surface area contributed by atoms with Crippen LogP contribution in [0.15, 0.2) is 53.7 Å². The maximum atomic E-state index is 12.9. The zero-order chi connectivity index (χ0) is 23.4. The molecule has 0 aliphatic carbocycles. The van der Waals surface area contributed by atoms with E-state index >= 15 is 0 Å². The van der Waals surface area contributed by atoms with E-state index in [1.807, 2.05) is 29.0 Å². The van der Waals surface area contributed by atoms with Crippen molar-refractivity contribution in [1.82, 2.24) is 14.5 Å². The summed E-state index contributed by atoms with van der Waals surface area (Å²) in [6, 6.07) is 10.2. The van der Waals surface area contributed by atoms with Crippen LogP contribution in [0.3, 0.4) is 0 Å². The average Bonchev–Trinajstić information content (AvgIpc) is 3.24. The molecule has 2 saturated heterocycles. The van der Waals surface area contributed by atoms with Crippen molar-refractivity contribution in [3.05, 3.63) is 48.8 Å². The molecule has 0 radical (unpaired) electrons. The lowest BCUT2D eigenvalue weighted by Crippen LogP contribution is -2.49. The first-order chi connectivity index (χ1) is 15.6. The molecule has 0 saturated carbocycles. The van der Waals surface area contributed by atoms with E-state index in [1.54, 1.807) is 29.3 Å². The van der Waals surface area contributed by atoms with E-state index in [0.717, 1.165) is 23.7 Å². The quantitative estimate of drug-likeness (QED) is 0.544. The van der Waals surface area contributed by atoms with Crippen LogP contribution >= 0.6 is 0 Å². The summed E-state index contributed by atoms with van der Waals surface area (Å²) in [5.74, 6) is 1.24. The van der Waals surface area contributed by atoms with Gasteiger partial charge in [0.1, 0.15) is 17.7 Å². The second-order valence-electron chi connectivity index (χ2n) is 8.91. The Balaban J connectivity index is 1.28. The molecule has 10 heteroatoms. The third kappa shape index (κ3) is 4.59. The highest BCUT2D eigenvalue weighted by atomic mass is 32.2. The Morgan fingerprint density at radius 2 is 1.82 bits per heavy atom. The summed E-state index contributed by atoms with van der Waals surface area (Å²) in [5, 5.41) is 0.793. The number of aromatic nitrogens is 2. The Morgan fingerprint density at radius 1 is 1.09 bits per heavy atom. The van der Waals surface area contributed by atoms with Gasteiger partial charge < -0.3 is 9.30 Å². The Hall–Kier alpha value is -2.59. The molecule has 2 aliphatic heterocycles. The second-order valence-corrected chi connectivity index (χ2v) is 10.9. The number of fused-ring (bicyclic) bond motifs is 3. The van der Waals surface area contributed by atoms with Crippen LogP contribution in [0.25, 0.3) is 16.7 Å². The summed E-state index contributed by atoms with van der Waals surface area (Å²) >= 11 is 0. The molecule has 6 nitrogen and oxygen atoms in total. The fourth-order valence-corrected chi connectivity index (χ4v) is 5.77. The Labute approximate surface area is 189 Å². The number of alkyl halides is 3. The van der Waals surface area contributed by atoms with Crippen LogP contribution in [0.5, 0.6) is 5.75 Å². The topological polar surface area (TPSA) is 64.4 Å². The van der Waals surface area contributed by atoms with Crippen LogP contribution in [0.1, 0.15) is 25.7 Å². The van der Waals surface area contributed by atoms with Gasteiger partial charge in [-0.15, -0.1) is 0 Å². The van der Waals surface area contributed by atoms with Gasteiger partial charge in [-0.25, -0.2) is 13.4 Å². The van der Waals surface area contributed by atoms with Crippen LogP contribution in [-0.4, -0.2) is 60.0 Å². The molecule has 1 aromatic carbocycles. The number of sulfone groups is 1. The van der Waals surface area contributed by atoms with E-state index < -0.39 is 22.6 Å². The third-order valence-electron chi connectivity index (χ3n) is 6.56. The number of benzene rings is 1. The third-order valence-corrected chi connectivity index (χ3v) is 7.67. The van der Waals surface area contributed by atoms with Crippen molar-refractivity contribution in [1.29, 1.82) is 0 Å². The van der Waals surface area contributed by atoms with Gasteiger partial charge in [-0.3, -0.25) is 4.90 Å². The smallest absolute Gasteiger partial charge is 0.401 e. The van der Waals surface area contributed by atoms with Gasteiger partial charge in [0.15, 0.2) is 9.84 Å². The van der Waals surface area contributed by atoms with Crippen molar-refractivity contribution in [3.8, 4) is 11.6 Å². The zero-order valence-electron chi connectivity index (χ0n) is 18.0. The van der Waals surface area contributed by atoms with Gasteiger partial charge in [-0.05, 0) is 62.1 Å². The van der Waals surface area contributed by atoms with Gasteiger partial charge in [-0.2, -0.15) is 13.2 Å². The zero-order valence-corrected chi connectivity index (χ0v) is 18.8. The highest BCUT2D eigenvalue weighted by molar-refractivity contribution is 7.90. The van der Waals surface area contributed by atoms with Crippen LogP contribution < -0.4 is 4.74 Å². The van der Waals surface area contributed by atoms with Gasteiger partial charge in [0.2, 0.25) is 0 Å². The standard InChI is InChI=1S/C23H24F3N3O3S/c1-33(30,31)20-5-6-21-15(10-20)8-9-28(21)22-7-4-18(13-27-22)32-19-11-16-2-3-17(12-19)29(16)14-23(24,25)26/h4-10,13,16-17,19H,2-3,11-12,14H2,1H3. The minimum absolute atomic E-state index is 0.0920. The lowest BCUT2D eigenvalue weighted by molar-refractivity contribution is -0.158. The van der Waals surface area contributed by atoms with Crippen LogP contribution in [0, 0.1) is 0 Å². The van der Waals surface area contributed by atoms with E-state index in [0.29, 0.717) is 24.4 Å². The Kier molecular flexibility index (Phi) is 5.40. The van der Waals surface area contributed by atoms with Crippen molar-refractivity contribution < 1.29 is 26.3 Å². The molecule has 0 spiro atoms. The van der Waals surface area contributed by atoms with Crippen molar-refractivity contribution in [2.45, 2.75) is 54.9 Å². The average molecular weight is 480 g/mol. The number of pyridine rings is 1. The van der Waals surface area contributed by atoms with E-state index in [4.69, 9.17) is 4.74 Å². The maximum absolute atomic E-state index is 12.9. The lowest BCUT2D eigenvalue weighted by Gasteiger charge is -2.39. The molecule has 4 heterocycles. The van der Waals surface area contributed by atoms with Crippen molar-refractivity contribution in [3.63, 3.8) is 0 Å². The number of rotatable bonds is 5. The second kappa shape index (κ2) is 8.02. The SMILES string of the molecule is CS(=O)(=O)c1ccc2c(ccn2-c2ccc(OC3CC4CCC(C3)N4CC(F)(F)F)cn2)c1. The maximum Gasteiger partial charge on any atom is 0.401 e. The number of hydrogen-bond acceptors (Lipinski definition) is 5. The number of piperidine rings is 1. The highest BCUT2D eigenvalue weighted by Crippen LogP contribution is 2.39. The highest BCUT2D eigenvalue weighted by Gasteiger charge is 2.46. The summed E-state index contributed by atoms with van der Waals surface area (Å²) in [6.45, 7) is -0.845. The lowest BCUT2D eigenvalue weighted by atomic mass is 9.99. The normalized spacial score (nSPS) is 23.8. The molecule has 3 aromatic rings. The molecule has 2 aliphatic rings. The predicted molar refractivity (Wildman–Crippen MR) is 117 cm³/mol. The first-order valence-electron chi connectivity index (χ1n) is 10.8. The molecule has 5 rings (SSSR count). The largest absolute Gasteiger partial charge is 0.489 e. The summed E-state index contributed by atoms with van der Waals surface area (Å²) in [4.78, 5) is 6.34. The minimum Gasteiger partial charge on any atom is -0.489 e. The molecule has 2 unspecified atom stereocenters. The number of ether oxygens (including phenoxy) is 1. The van der Waals surface area contributed by atoms with Crippen molar-refractivity contribution in [2.24, 2.45) is 0 Å². The number of nitrogens with zero attached hydrogens (tertiary/aromatic N) is 3. The van der Waals surface area contributed by atoms with Crippen LogP contribution in [0.2, 0.25) is 0 Å². The summed E-state index contributed by atoms with van der Waals surface area (Å²) < 4.78 is 70.1. The molecule has 2 aromatic heterocycles. The van der Waals surface area contributed by atoms with Gasteiger partial charge in [0.25, 0.3) is 0 Å². The van der Waals surface area contributed by atoms with Crippen LogP contribution in [-0.2, 0) is 9.84 Å². The summed E-state index contributed by atoms with van der Waals surface area (Å²) in [5.41, 5.74) is 0.831. The van der Waals surface area contributed by atoms with E-state index in [1.165, 1.54) is 6.26 Å². The van der Waals surface area contributed by atoms with Gasteiger partial charge >= 0.3 is 6.18 Å². The van der Waals surface area contributed by atoms with Gasteiger partial charge in [-0.1, -0.05) is 0 Å². The fraction of sp³-hybridized carbons (Fsp3) is 0.435. The summed E-state index contributed by atoms with van der Waals surface area (Å²) in [6.07, 6.45) is 3.04. The predicted octanol–water partition coefficient (Wildman–Crippen LogP) is 4.37. The Morgan fingerprint density at radius 3 is 2.42 bits per heavy atom. The van der Waals surface area contributed by atoms with Gasteiger partial charge in [0, 0.05) is 29.9 Å². The summed E-state index contributed by atoms with van der Waals surface area (Å²) in [7, 11) is -3.29. The minimum atomic E-state index is -4.18. The molecule has 33 heavy (non-hydrogen) atoms. The fourth-order valence-electron chi connectivity index (χ4n) is 5.11. The van der Waals surface area contributed by atoms with Gasteiger partial charge in [0.05, 0.1) is 23.2 Å². The molecule has 2 bridgehead atoms. The van der Waals surface area contributed by atoms with Crippen LogP contribution in [0.4, 0.5) is 13.2 Å².